The molecule has 0 bridgehead atoms. The monoisotopic (exact) mass is 381 g/mol. The van der Waals surface area contributed by atoms with E-state index in [9.17, 15) is 5.26 Å². The molecule has 0 aliphatic carbocycles. The van der Waals surface area contributed by atoms with Crippen LogP contribution in [-0.4, -0.2) is 5.84 Å². The van der Waals surface area contributed by atoms with Crippen molar-refractivity contribution in [2.24, 2.45) is 10.7 Å². The number of nitriles is 1. The predicted molar refractivity (Wildman–Crippen MR) is 115 cm³/mol. The molecule has 3 aromatic carbocycles. The highest BCUT2D eigenvalue weighted by atomic mass is 32.2. The molecule has 4 heteroatoms. The smallest absolute Gasteiger partial charge is 0.118 e. The van der Waals surface area contributed by atoms with Crippen LogP contribution in [0.25, 0.3) is 0 Å². The third-order valence-corrected chi connectivity index (χ3v) is 5.94. The molecule has 28 heavy (non-hydrogen) atoms. The van der Waals surface area contributed by atoms with Gasteiger partial charge in [0.05, 0.1) is 17.1 Å². The van der Waals surface area contributed by atoms with Gasteiger partial charge in [-0.05, 0) is 29.7 Å². The lowest BCUT2D eigenvalue weighted by Gasteiger charge is -2.30. The van der Waals surface area contributed by atoms with Gasteiger partial charge < -0.3 is 5.73 Å². The quantitative estimate of drug-likeness (QED) is 0.671. The molecule has 0 radical (unpaired) electrons. The minimum absolute atomic E-state index is 0.470. The lowest BCUT2D eigenvalue weighted by Crippen LogP contribution is -2.42. The first-order valence-corrected chi connectivity index (χ1v) is 9.87. The molecule has 4 rings (SSSR count). The summed E-state index contributed by atoms with van der Waals surface area (Å²) in [5, 5.41) is 10.8. The fraction of sp³-hybridized carbons (Fsp3) is 0.0833. The van der Waals surface area contributed by atoms with Crippen LogP contribution in [0.5, 0.6) is 0 Å². The van der Waals surface area contributed by atoms with Crippen molar-refractivity contribution in [3.63, 3.8) is 0 Å². The van der Waals surface area contributed by atoms with Crippen LogP contribution in [0.15, 0.2) is 111 Å². The topological polar surface area (TPSA) is 62.2 Å². The first kappa shape index (κ1) is 18.1. The summed E-state index contributed by atoms with van der Waals surface area (Å²) in [5.74, 6) is 0.470. The second kappa shape index (κ2) is 7.75. The van der Waals surface area contributed by atoms with Crippen molar-refractivity contribution >= 4 is 17.6 Å². The maximum Gasteiger partial charge on any atom is 0.118 e. The fourth-order valence-electron chi connectivity index (χ4n) is 3.59. The zero-order chi connectivity index (χ0) is 19.4. The van der Waals surface area contributed by atoms with Crippen molar-refractivity contribution in [2.75, 3.05) is 0 Å². The van der Waals surface area contributed by atoms with Gasteiger partial charge in [0.15, 0.2) is 0 Å². The van der Waals surface area contributed by atoms with Crippen LogP contribution in [0.4, 0.5) is 0 Å². The third kappa shape index (κ3) is 3.21. The van der Waals surface area contributed by atoms with Crippen LogP contribution < -0.4 is 5.73 Å². The van der Waals surface area contributed by atoms with Gasteiger partial charge in [0, 0.05) is 4.90 Å². The lowest BCUT2D eigenvalue weighted by molar-refractivity contribution is 0.687. The van der Waals surface area contributed by atoms with E-state index in [0.717, 1.165) is 16.0 Å². The molecule has 0 fully saturated rings. The number of rotatable bonds is 5. The number of hydrogen-bond donors (Lipinski definition) is 1. The Morgan fingerprint density at radius 1 is 0.857 bits per heavy atom. The molecule has 0 amide bonds. The molecule has 0 spiro atoms. The molecule has 2 N–H and O–H groups in total. The van der Waals surface area contributed by atoms with Crippen molar-refractivity contribution in [3.05, 3.63) is 113 Å². The van der Waals surface area contributed by atoms with E-state index in [1.165, 1.54) is 11.8 Å². The van der Waals surface area contributed by atoms with Crippen molar-refractivity contribution in [3.8, 4) is 6.07 Å². The molecule has 1 aliphatic rings. The summed E-state index contributed by atoms with van der Waals surface area (Å²) >= 11 is 1.48. The van der Waals surface area contributed by atoms with E-state index in [4.69, 9.17) is 5.73 Å². The molecule has 3 aromatic rings. The van der Waals surface area contributed by atoms with Gasteiger partial charge in [-0.1, -0.05) is 90.6 Å². The SMILES string of the molecule is N#CC1=C(Sc2ccccc2)N=C(N)[C@]1(Cc1ccccc1)c1ccccc1. The summed E-state index contributed by atoms with van der Waals surface area (Å²) in [4.78, 5) is 5.71. The van der Waals surface area contributed by atoms with E-state index in [1.807, 2.05) is 78.9 Å². The highest BCUT2D eigenvalue weighted by molar-refractivity contribution is 8.03. The molecule has 0 saturated carbocycles. The summed E-state index contributed by atoms with van der Waals surface area (Å²) in [5.41, 5.74) is 8.50. The van der Waals surface area contributed by atoms with Crippen molar-refractivity contribution in [1.82, 2.24) is 0 Å². The van der Waals surface area contributed by atoms with Gasteiger partial charge in [-0.3, -0.25) is 0 Å². The molecule has 1 aliphatic heterocycles. The second-order valence-corrected chi connectivity index (χ2v) is 7.70. The van der Waals surface area contributed by atoms with E-state index >= 15 is 0 Å². The van der Waals surface area contributed by atoms with Gasteiger partial charge >= 0.3 is 0 Å². The van der Waals surface area contributed by atoms with Crippen molar-refractivity contribution in [2.45, 2.75) is 16.7 Å². The Morgan fingerprint density at radius 2 is 1.43 bits per heavy atom. The first-order valence-electron chi connectivity index (χ1n) is 9.06. The Morgan fingerprint density at radius 3 is 2.04 bits per heavy atom. The summed E-state index contributed by atoms with van der Waals surface area (Å²) in [6, 6.07) is 32.5. The van der Waals surface area contributed by atoms with E-state index in [0.29, 0.717) is 22.9 Å². The van der Waals surface area contributed by atoms with Gasteiger partial charge in [0.2, 0.25) is 0 Å². The molecule has 0 saturated heterocycles. The number of thioether (sulfide) groups is 1. The summed E-state index contributed by atoms with van der Waals surface area (Å²) in [6.45, 7) is 0. The van der Waals surface area contributed by atoms with Gasteiger partial charge in [0.1, 0.15) is 10.9 Å². The van der Waals surface area contributed by atoms with Gasteiger partial charge in [-0.15, -0.1) is 0 Å². The second-order valence-electron chi connectivity index (χ2n) is 6.64. The zero-order valence-corrected chi connectivity index (χ0v) is 16.1. The molecule has 1 atom stereocenters. The average molecular weight is 382 g/mol. The molecule has 0 aromatic heterocycles. The maximum atomic E-state index is 10.2. The number of nitrogens with two attached hydrogens (primary N) is 1. The highest BCUT2D eigenvalue weighted by Crippen LogP contribution is 2.46. The van der Waals surface area contributed by atoms with Gasteiger partial charge in [-0.2, -0.15) is 5.26 Å². The van der Waals surface area contributed by atoms with Crippen LogP contribution in [0.1, 0.15) is 11.1 Å². The van der Waals surface area contributed by atoms with E-state index in [2.05, 4.69) is 23.2 Å². The van der Waals surface area contributed by atoms with Crippen molar-refractivity contribution in [1.29, 1.82) is 5.26 Å². The Bertz CT molecular complexity index is 1070. The maximum absolute atomic E-state index is 10.2. The number of aliphatic imine (C=N–C) groups is 1. The van der Waals surface area contributed by atoms with Crippen LogP contribution in [0, 0.1) is 11.3 Å². The molecule has 136 valence electrons. The predicted octanol–water partition coefficient (Wildman–Crippen LogP) is 5.07. The molecular formula is C24H19N3S. The average Bonchev–Trinajstić information content (AvgIpc) is 3.01. The minimum atomic E-state index is -0.755. The minimum Gasteiger partial charge on any atom is -0.386 e. The molecule has 0 unspecified atom stereocenters. The van der Waals surface area contributed by atoms with Gasteiger partial charge in [-0.25, -0.2) is 4.99 Å². The molecule has 1 heterocycles. The summed E-state index contributed by atoms with van der Waals surface area (Å²) in [6.07, 6.45) is 0.592. The van der Waals surface area contributed by atoms with Crippen LogP contribution >= 0.6 is 11.8 Å². The van der Waals surface area contributed by atoms with Gasteiger partial charge in [0.25, 0.3) is 0 Å². The molecular weight excluding hydrogens is 362 g/mol. The largest absolute Gasteiger partial charge is 0.386 e. The van der Waals surface area contributed by atoms with Crippen LogP contribution in [-0.2, 0) is 11.8 Å². The number of hydrogen-bond acceptors (Lipinski definition) is 4. The lowest BCUT2D eigenvalue weighted by atomic mass is 9.70. The van der Waals surface area contributed by atoms with E-state index in [-0.39, 0.29) is 0 Å². The summed E-state index contributed by atoms with van der Waals surface area (Å²) in [7, 11) is 0. The third-order valence-electron chi connectivity index (χ3n) is 4.95. The normalized spacial score (nSPS) is 18.6. The molecule has 3 nitrogen and oxygen atoms in total. The van der Waals surface area contributed by atoms with Crippen LogP contribution in [0.2, 0.25) is 0 Å². The number of nitrogens with zero attached hydrogens (tertiary/aromatic N) is 2. The Kier molecular flexibility index (Phi) is 5.01. The zero-order valence-electron chi connectivity index (χ0n) is 15.2. The first-order chi connectivity index (χ1) is 13.7. The van der Waals surface area contributed by atoms with Crippen molar-refractivity contribution < 1.29 is 0 Å². The Hall–Kier alpha value is -3.29. The summed E-state index contributed by atoms with van der Waals surface area (Å²) < 4.78 is 0. The fourth-order valence-corrected chi connectivity index (χ4v) is 4.57. The van der Waals surface area contributed by atoms with Crippen LogP contribution in [0.3, 0.4) is 0 Å². The highest BCUT2D eigenvalue weighted by Gasteiger charge is 2.46. The van der Waals surface area contributed by atoms with E-state index < -0.39 is 5.41 Å². The Labute approximate surface area is 169 Å². The number of amidine groups is 1. The van der Waals surface area contributed by atoms with E-state index in [1.54, 1.807) is 0 Å². The standard InChI is InChI=1S/C24H19N3S/c25-17-21-22(28-20-14-8-3-9-15-20)27-23(26)24(21,19-12-6-2-7-13-19)16-18-10-4-1-5-11-18/h1-15H,16H2,(H2,26,27)/t24-/m1/s1. The number of benzene rings is 3. The Balaban J connectivity index is 1.87.